The van der Waals surface area contributed by atoms with E-state index >= 15 is 0 Å². The Kier molecular flexibility index (Phi) is 4.21. The summed E-state index contributed by atoms with van der Waals surface area (Å²) in [6, 6.07) is 14.2. The molecule has 0 aliphatic carbocycles. The van der Waals surface area contributed by atoms with Crippen molar-refractivity contribution in [2.75, 3.05) is 10.6 Å². The van der Waals surface area contributed by atoms with Crippen LogP contribution in [-0.2, 0) is 6.54 Å². The third-order valence-electron chi connectivity index (χ3n) is 3.12. The Hall–Kier alpha value is -2.54. The van der Waals surface area contributed by atoms with Crippen LogP contribution in [0.3, 0.4) is 0 Å². The molecule has 20 heavy (non-hydrogen) atoms. The van der Waals surface area contributed by atoms with Gasteiger partial charge in [-0.25, -0.2) is 4.98 Å². The SMILES string of the molecule is CC(C)N(Cc1ccccc1)c1ncc(C#N)cc1N. The monoisotopic (exact) mass is 266 g/mol. The molecule has 0 aliphatic rings. The Balaban J connectivity index is 2.32. The second-order valence-electron chi connectivity index (χ2n) is 4.96. The lowest BCUT2D eigenvalue weighted by Gasteiger charge is -2.29. The molecule has 0 aliphatic heterocycles. The molecule has 0 bridgehead atoms. The van der Waals surface area contributed by atoms with Crippen LogP contribution < -0.4 is 10.6 Å². The second-order valence-corrected chi connectivity index (χ2v) is 4.96. The minimum Gasteiger partial charge on any atom is -0.396 e. The largest absolute Gasteiger partial charge is 0.396 e. The summed E-state index contributed by atoms with van der Waals surface area (Å²) in [5, 5.41) is 8.88. The molecule has 0 atom stereocenters. The van der Waals surface area contributed by atoms with Crippen LogP contribution in [0, 0.1) is 11.3 Å². The fourth-order valence-electron chi connectivity index (χ4n) is 2.06. The maximum absolute atomic E-state index is 8.88. The molecule has 0 saturated heterocycles. The van der Waals surface area contributed by atoms with Crippen molar-refractivity contribution in [3.8, 4) is 6.07 Å². The average Bonchev–Trinajstić information content (AvgIpc) is 2.46. The summed E-state index contributed by atoms with van der Waals surface area (Å²) in [5.74, 6) is 0.725. The highest BCUT2D eigenvalue weighted by molar-refractivity contribution is 5.65. The summed E-state index contributed by atoms with van der Waals surface area (Å²) in [5.41, 5.74) is 8.25. The predicted octanol–water partition coefficient (Wildman–Crippen LogP) is 2.95. The quantitative estimate of drug-likeness (QED) is 0.924. The molecule has 0 saturated carbocycles. The first kappa shape index (κ1) is 13.9. The standard InChI is InChI=1S/C16H18N4/c1-12(2)20(11-13-6-4-3-5-7-13)16-15(18)8-14(9-17)10-19-16/h3-8,10,12H,11,18H2,1-2H3. The summed E-state index contributed by atoms with van der Waals surface area (Å²) in [4.78, 5) is 6.48. The van der Waals surface area contributed by atoms with Crippen LogP contribution in [-0.4, -0.2) is 11.0 Å². The number of hydrogen-bond acceptors (Lipinski definition) is 4. The van der Waals surface area contributed by atoms with Crippen LogP contribution in [0.15, 0.2) is 42.6 Å². The van der Waals surface area contributed by atoms with Gasteiger partial charge in [-0.15, -0.1) is 0 Å². The Labute approximate surface area is 119 Å². The number of rotatable bonds is 4. The number of pyridine rings is 1. The van der Waals surface area contributed by atoms with Gasteiger partial charge in [-0.05, 0) is 25.5 Å². The fourth-order valence-corrected chi connectivity index (χ4v) is 2.06. The molecule has 0 unspecified atom stereocenters. The van der Waals surface area contributed by atoms with Gasteiger partial charge >= 0.3 is 0 Å². The lowest BCUT2D eigenvalue weighted by Crippen LogP contribution is -2.31. The van der Waals surface area contributed by atoms with Gasteiger partial charge in [0, 0.05) is 18.8 Å². The van der Waals surface area contributed by atoms with Crippen molar-refractivity contribution >= 4 is 11.5 Å². The molecule has 0 amide bonds. The van der Waals surface area contributed by atoms with Crippen LogP contribution in [0.2, 0.25) is 0 Å². The number of benzene rings is 1. The Morgan fingerprint density at radius 3 is 2.55 bits per heavy atom. The van der Waals surface area contributed by atoms with Gasteiger partial charge in [0.1, 0.15) is 6.07 Å². The Morgan fingerprint density at radius 2 is 2.00 bits per heavy atom. The highest BCUT2D eigenvalue weighted by atomic mass is 15.2. The molecular formula is C16H18N4. The van der Waals surface area contributed by atoms with Crippen LogP contribution in [0.25, 0.3) is 0 Å². The van der Waals surface area contributed by atoms with Gasteiger partial charge in [0.05, 0.1) is 11.3 Å². The van der Waals surface area contributed by atoms with Gasteiger partial charge in [-0.2, -0.15) is 5.26 Å². The molecule has 102 valence electrons. The summed E-state index contributed by atoms with van der Waals surface area (Å²) < 4.78 is 0. The first-order chi connectivity index (χ1) is 9.61. The highest BCUT2D eigenvalue weighted by Crippen LogP contribution is 2.24. The van der Waals surface area contributed by atoms with E-state index < -0.39 is 0 Å². The first-order valence-corrected chi connectivity index (χ1v) is 6.58. The van der Waals surface area contributed by atoms with Gasteiger partial charge in [0.15, 0.2) is 5.82 Å². The third-order valence-corrected chi connectivity index (χ3v) is 3.12. The van der Waals surface area contributed by atoms with Crippen molar-refractivity contribution < 1.29 is 0 Å². The highest BCUT2D eigenvalue weighted by Gasteiger charge is 2.15. The summed E-state index contributed by atoms with van der Waals surface area (Å²) >= 11 is 0. The zero-order valence-corrected chi connectivity index (χ0v) is 11.7. The molecule has 2 N–H and O–H groups in total. The van der Waals surface area contributed by atoms with Gasteiger partial charge in [-0.1, -0.05) is 30.3 Å². The smallest absolute Gasteiger partial charge is 0.152 e. The van der Waals surface area contributed by atoms with E-state index in [0.29, 0.717) is 11.3 Å². The lowest BCUT2D eigenvalue weighted by molar-refractivity contribution is 0.673. The van der Waals surface area contributed by atoms with Crippen molar-refractivity contribution in [2.24, 2.45) is 0 Å². The van der Waals surface area contributed by atoms with Crippen molar-refractivity contribution in [3.63, 3.8) is 0 Å². The average molecular weight is 266 g/mol. The van der Waals surface area contributed by atoms with E-state index in [9.17, 15) is 0 Å². The van der Waals surface area contributed by atoms with E-state index in [1.807, 2.05) is 18.2 Å². The molecule has 0 fully saturated rings. The molecular weight excluding hydrogens is 248 g/mol. The molecule has 2 rings (SSSR count). The number of nitrogens with zero attached hydrogens (tertiary/aromatic N) is 3. The molecule has 4 heteroatoms. The number of nitriles is 1. The van der Waals surface area contributed by atoms with Crippen molar-refractivity contribution in [1.82, 2.24) is 4.98 Å². The first-order valence-electron chi connectivity index (χ1n) is 6.58. The Bertz CT molecular complexity index is 614. The Morgan fingerprint density at radius 1 is 1.30 bits per heavy atom. The van der Waals surface area contributed by atoms with E-state index in [1.165, 1.54) is 5.56 Å². The van der Waals surface area contributed by atoms with E-state index in [2.05, 4.69) is 41.9 Å². The van der Waals surface area contributed by atoms with Crippen LogP contribution in [0.5, 0.6) is 0 Å². The summed E-state index contributed by atoms with van der Waals surface area (Å²) in [7, 11) is 0. The molecule has 0 spiro atoms. The number of hydrogen-bond donors (Lipinski definition) is 1. The van der Waals surface area contributed by atoms with Gasteiger partial charge in [0.25, 0.3) is 0 Å². The van der Waals surface area contributed by atoms with Crippen molar-refractivity contribution in [2.45, 2.75) is 26.4 Å². The van der Waals surface area contributed by atoms with E-state index in [-0.39, 0.29) is 6.04 Å². The molecule has 1 aromatic carbocycles. The maximum Gasteiger partial charge on any atom is 0.152 e. The van der Waals surface area contributed by atoms with E-state index in [1.54, 1.807) is 12.3 Å². The topological polar surface area (TPSA) is 65.9 Å². The number of aromatic nitrogens is 1. The fraction of sp³-hybridized carbons (Fsp3) is 0.250. The van der Waals surface area contributed by atoms with Crippen molar-refractivity contribution in [3.05, 3.63) is 53.7 Å². The summed E-state index contributed by atoms with van der Waals surface area (Å²) in [6.07, 6.45) is 1.56. The van der Waals surface area contributed by atoms with E-state index in [4.69, 9.17) is 11.0 Å². The van der Waals surface area contributed by atoms with Crippen LogP contribution >= 0.6 is 0 Å². The molecule has 1 heterocycles. The van der Waals surface area contributed by atoms with E-state index in [0.717, 1.165) is 12.4 Å². The van der Waals surface area contributed by atoms with Gasteiger partial charge in [0.2, 0.25) is 0 Å². The minimum atomic E-state index is 0.262. The normalized spacial score (nSPS) is 10.3. The second kappa shape index (κ2) is 6.07. The lowest BCUT2D eigenvalue weighted by atomic mass is 10.1. The molecule has 1 aromatic heterocycles. The summed E-state index contributed by atoms with van der Waals surface area (Å²) in [6.45, 7) is 4.94. The molecule has 4 nitrogen and oxygen atoms in total. The maximum atomic E-state index is 8.88. The predicted molar refractivity (Wildman–Crippen MR) is 81.1 cm³/mol. The molecule has 2 aromatic rings. The van der Waals surface area contributed by atoms with Gasteiger partial charge in [-0.3, -0.25) is 0 Å². The zero-order chi connectivity index (χ0) is 14.5. The molecule has 0 radical (unpaired) electrons. The third kappa shape index (κ3) is 3.07. The van der Waals surface area contributed by atoms with Crippen molar-refractivity contribution in [1.29, 1.82) is 5.26 Å². The number of nitrogen functional groups attached to an aromatic ring is 1. The van der Waals surface area contributed by atoms with Crippen LogP contribution in [0.1, 0.15) is 25.0 Å². The van der Waals surface area contributed by atoms with Crippen LogP contribution in [0.4, 0.5) is 11.5 Å². The minimum absolute atomic E-state index is 0.262. The van der Waals surface area contributed by atoms with Gasteiger partial charge < -0.3 is 10.6 Å². The zero-order valence-electron chi connectivity index (χ0n) is 11.7. The number of nitrogens with two attached hydrogens (primary N) is 1. The number of anilines is 2.